The van der Waals surface area contributed by atoms with Crippen LogP contribution in [0.4, 0.5) is 9.93 Å². The van der Waals surface area contributed by atoms with Crippen molar-refractivity contribution in [2.45, 2.75) is 37.1 Å². The molecule has 0 aromatic carbocycles. The lowest BCUT2D eigenvalue weighted by atomic mass is 10.00. The van der Waals surface area contributed by atoms with Gasteiger partial charge >= 0.3 is 6.03 Å². The standard InChI is InChI=1S/C12H18N6O3S2/c1-4-12(3)8(20)18(10(21)14-12)17-7(19)6-22-11-16-15-9(23-11)13-5-2/h4-6H2,1-3H3,(H,13,15)(H,14,21)(H,17,19). The molecule has 1 fully saturated rings. The predicted octanol–water partition coefficient (Wildman–Crippen LogP) is 0.814. The van der Waals surface area contributed by atoms with Gasteiger partial charge in [-0.2, -0.15) is 5.01 Å². The summed E-state index contributed by atoms with van der Waals surface area (Å²) in [6, 6.07) is -0.622. The first-order valence-electron chi connectivity index (χ1n) is 7.06. The molecule has 1 aromatic heterocycles. The van der Waals surface area contributed by atoms with Gasteiger partial charge in [0.25, 0.3) is 5.91 Å². The Hall–Kier alpha value is -1.88. The summed E-state index contributed by atoms with van der Waals surface area (Å²) in [4.78, 5) is 35.9. The van der Waals surface area contributed by atoms with E-state index in [1.165, 1.54) is 23.1 Å². The molecule has 4 amide bonds. The number of hydrogen-bond acceptors (Lipinski definition) is 8. The Bertz CT molecular complexity index is 622. The van der Waals surface area contributed by atoms with Crippen LogP contribution in [0.5, 0.6) is 0 Å². The van der Waals surface area contributed by atoms with E-state index in [0.717, 1.165) is 11.6 Å². The van der Waals surface area contributed by atoms with E-state index >= 15 is 0 Å². The number of hydrazine groups is 1. The highest BCUT2D eigenvalue weighted by molar-refractivity contribution is 8.01. The maximum absolute atomic E-state index is 12.1. The average Bonchev–Trinajstić information content (AvgIpc) is 3.05. The molecule has 2 heterocycles. The topological polar surface area (TPSA) is 116 Å². The Morgan fingerprint density at radius 3 is 2.74 bits per heavy atom. The molecule has 0 saturated carbocycles. The quantitative estimate of drug-likeness (QED) is 0.488. The minimum atomic E-state index is -0.975. The first-order chi connectivity index (χ1) is 10.9. The van der Waals surface area contributed by atoms with Crippen LogP contribution < -0.4 is 16.1 Å². The molecular weight excluding hydrogens is 340 g/mol. The minimum Gasteiger partial charge on any atom is -0.360 e. The molecule has 1 aromatic rings. The highest BCUT2D eigenvalue weighted by Crippen LogP contribution is 2.25. The third kappa shape index (κ3) is 3.91. The van der Waals surface area contributed by atoms with Crippen molar-refractivity contribution in [3.63, 3.8) is 0 Å². The zero-order valence-corrected chi connectivity index (χ0v) is 14.6. The molecule has 0 aliphatic carbocycles. The van der Waals surface area contributed by atoms with E-state index in [1.807, 2.05) is 6.92 Å². The van der Waals surface area contributed by atoms with Gasteiger partial charge < -0.3 is 10.6 Å². The Morgan fingerprint density at radius 2 is 2.13 bits per heavy atom. The molecule has 1 aliphatic rings. The summed E-state index contributed by atoms with van der Waals surface area (Å²) in [7, 11) is 0. The van der Waals surface area contributed by atoms with Gasteiger partial charge in [-0.15, -0.1) is 10.2 Å². The van der Waals surface area contributed by atoms with Gasteiger partial charge in [-0.05, 0) is 20.3 Å². The maximum Gasteiger partial charge on any atom is 0.344 e. The molecule has 2 rings (SSSR count). The summed E-state index contributed by atoms with van der Waals surface area (Å²) in [6.07, 6.45) is 0.441. The number of amides is 4. The first-order valence-corrected chi connectivity index (χ1v) is 8.86. The Kier molecular flexibility index (Phi) is 5.42. The van der Waals surface area contributed by atoms with Crippen LogP contribution in [-0.2, 0) is 9.59 Å². The van der Waals surface area contributed by atoms with E-state index < -0.39 is 23.4 Å². The van der Waals surface area contributed by atoms with Crippen molar-refractivity contribution in [2.24, 2.45) is 0 Å². The first kappa shape index (κ1) is 17.5. The van der Waals surface area contributed by atoms with Crippen molar-refractivity contribution in [1.29, 1.82) is 0 Å². The molecule has 23 heavy (non-hydrogen) atoms. The number of imide groups is 1. The molecule has 11 heteroatoms. The van der Waals surface area contributed by atoms with Crippen LogP contribution in [0.3, 0.4) is 0 Å². The van der Waals surface area contributed by atoms with E-state index in [-0.39, 0.29) is 5.75 Å². The number of nitrogens with one attached hydrogen (secondary N) is 3. The summed E-state index contributed by atoms with van der Waals surface area (Å²) in [5.41, 5.74) is 1.35. The second kappa shape index (κ2) is 7.13. The number of aromatic nitrogens is 2. The predicted molar refractivity (Wildman–Crippen MR) is 87.0 cm³/mol. The van der Waals surface area contributed by atoms with E-state index in [9.17, 15) is 14.4 Å². The Balaban J connectivity index is 1.87. The van der Waals surface area contributed by atoms with E-state index in [2.05, 4.69) is 26.3 Å². The molecule has 1 atom stereocenters. The third-order valence-corrected chi connectivity index (χ3v) is 5.28. The van der Waals surface area contributed by atoms with Gasteiger partial charge in [-0.3, -0.25) is 15.0 Å². The number of thioether (sulfide) groups is 1. The monoisotopic (exact) mass is 358 g/mol. The smallest absolute Gasteiger partial charge is 0.344 e. The highest BCUT2D eigenvalue weighted by Gasteiger charge is 2.47. The highest BCUT2D eigenvalue weighted by atomic mass is 32.2. The molecule has 0 radical (unpaired) electrons. The lowest BCUT2D eigenvalue weighted by molar-refractivity contribution is -0.137. The largest absolute Gasteiger partial charge is 0.360 e. The van der Waals surface area contributed by atoms with Gasteiger partial charge in [0.2, 0.25) is 11.0 Å². The third-order valence-electron chi connectivity index (χ3n) is 3.27. The summed E-state index contributed by atoms with van der Waals surface area (Å²) in [6.45, 7) is 6.10. The zero-order chi connectivity index (χ0) is 17.0. The second-order valence-electron chi connectivity index (χ2n) is 4.98. The number of carbonyl (C=O) groups excluding carboxylic acids is 3. The number of nitrogens with zero attached hydrogens (tertiary/aromatic N) is 3. The second-order valence-corrected chi connectivity index (χ2v) is 7.18. The molecule has 1 saturated heterocycles. The molecule has 9 nitrogen and oxygen atoms in total. The molecule has 0 bridgehead atoms. The van der Waals surface area contributed by atoms with Crippen molar-refractivity contribution in [1.82, 2.24) is 25.9 Å². The van der Waals surface area contributed by atoms with Crippen LogP contribution in [0.1, 0.15) is 27.2 Å². The van der Waals surface area contributed by atoms with E-state index in [1.54, 1.807) is 13.8 Å². The Morgan fingerprint density at radius 1 is 1.39 bits per heavy atom. The minimum absolute atomic E-state index is 0.0284. The van der Waals surface area contributed by atoms with Crippen LogP contribution in [0.25, 0.3) is 0 Å². The summed E-state index contributed by atoms with van der Waals surface area (Å²) in [5, 5.41) is 14.9. The lowest BCUT2D eigenvalue weighted by Crippen LogP contribution is -2.49. The maximum atomic E-state index is 12.1. The number of anilines is 1. The number of hydrogen-bond donors (Lipinski definition) is 3. The molecule has 1 aliphatic heterocycles. The van der Waals surface area contributed by atoms with Crippen LogP contribution in [-0.4, -0.2) is 50.9 Å². The molecule has 126 valence electrons. The molecule has 0 spiro atoms. The van der Waals surface area contributed by atoms with Crippen molar-refractivity contribution in [2.75, 3.05) is 17.6 Å². The van der Waals surface area contributed by atoms with Gasteiger partial charge in [-0.1, -0.05) is 30.0 Å². The fourth-order valence-electron chi connectivity index (χ4n) is 1.80. The fourth-order valence-corrected chi connectivity index (χ4v) is 3.41. The fraction of sp³-hybridized carbons (Fsp3) is 0.583. The SMILES string of the molecule is CCNc1nnc(SCC(=O)NN2C(=O)NC(C)(CC)C2=O)s1. The van der Waals surface area contributed by atoms with Gasteiger partial charge in [0.05, 0.1) is 5.75 Å². The van der Waals surface area contributed by atoms with Crippen molar-refractivity contribution in [3.8, 4) is 0 Å². The summed E-state index contributed by atoms with van der Waals surface area (Å²) in [5.74, 6) is -0.895. The Labute approximate surface area is 141 Å². The molecule has 3 N–H and O–H groups in total. The van der Waals surface area contributed by atoms with Crippen LogP contribution in [0.2, 0.25) is 0 Å². The van der Waals surface area contributed by atoms with Crippen LogP contribution in [0.15, 0.2) is 4.34 Å². The van der Waals surface area contributed by atoms with Crippen molar-refractivity contribution < 1.29 is 14.4 Å². The van der Waals surface area contributed by atoms with Gasteiger partial charge in [0, 0.05) is 6.54 Å². The molecule has 1 unspecified atom stereocenters. The van der Waals surface area contributed by atoms with E-state index in [0.29, 0.717) is 15.9 Å². The molecular formula is C12H18N6O3S2. The number of carbonyl (C=O) groups is 3. The van der Waals surface area contributed by atoms with Gasteiger partial charge in [0.15, 0.2) is 4.34 Å². The number of urea groups is 1. The lowest BCUT2D eigenvalue weighted by Gasteiger charge is -2.19. The summed E-state index contributed by atoms with van der Waals surface area (Å²) >= 11 is 2.53. The summed E-state index contributed by atoms with van der Waals surface area (Å²) < 4.78 is 0.631. The van der Waals surface area contributed by atoms with Gasteiger partial charge in [0.1, 0.15) is 5.54 Å². The van der Waals surface area contributed by atoms with E-state index in [4.69, 9.17) is 0 Å². The number of rotatable bonds is 7. The van der Waals surface area contributed by atoms with Crippen LogP contribution in [0, 0.1) is 0 Å². The normalized spacial score (nSPS) is 20.6. The van der Waals surface area contributed by atoms with Crippen molar-refractivity contribution >= 4 is 46.1 Å². The van der Waals surface area contributed by atoms with Crippen LogP contribution >= 0.6 is 23.1 Å². The van der Waals surface area contributed by atoms with Crippen molar-refractivity contribution in [3.05, 3.63) is 0 Å². The zero-order valence-electron chi connectivity index (χ0n) is 13.0. The average molecular weight is 358 g/mol. The van der Waals surface area contributed by atoms with Gasteiger partial charge in [-0.25, -0.2) is 4.79 Å².